The molecule has 1 atom stereocenters. The van der Waals surface area contributed by atoms with Crippen molar-refractivity contribution < 1.29 is 19.8 Å². The highest BCUT2D eigenvalue weighted by molar-refractivity contribution is 6.11. The van der Waals surface area contributed by atoms with E-state index in [0.717, 1.165) is 22.2 Å². The van der Waals surface area contributed by atoms with Crippen LogP contribution in [0.1, 0.15) is 35.3 Å². The predicted molar refractivity (Wildman–Crippen MR) is 149 cm³/mol. The highest BCUT2D eigenvalue weighted by Crippen LogP contribution is 2.35. The van der Waals surface area contributed by atoms with E-state index in [4.69, 9.17) is 4.98 Å². The van der Waals surface area contributed by atoms with E-state index < -0.39 is 17.9 Å². The summed E-state index contributed by atoms with van der Waals surface area (Å²) in [6, 6.07) is 20.2. The summed E-state index contributed by atoms with van der Waals surface area (Å²) < 4.78 is 0. The molecule has 192 valence electrons. The first-order chi connectivity index (χ1) is 18.1. The van der Waals surface area contributed by atoms with Crippen molar-refractivity contribution in [3.05, 3.63) is 83.4 Å². The number of aromatic nitrogens is 2. The number of phenolic OH excluding ortho intramolecular Hbond substituents is 1. The fourth-order valence-corrected chi connectivity index (χ4v) is 4.68. The Bertz CT molecular complexity index is 1720. The van der Waals surface area contributed by atoms with Crippen LogP contribution < -0.4 is 5.32 Å². The minimum Gasteiger partial charge on any atom is -0.507 e. The van der Waals surface area contributed by atoms with Gasteiger partial charge in [-0.1, -0.05) is 56.3 Å². The zero-order valence-electron chi connectivity index (χ0n) is 21.7. The number of aryl methyl sites for hydroxylation is 2. The molecule has 7 heteroatoms. The van der Waals surface area contributed by atoms with E-state index in [-0.39, 0.29) is 17.2 Å². The molecule has 0 radical (unpaired) electrons. The number of aliphatic carboxylic acids is 1. The van der Waals surface area contributed by atoms with Gasteiger partial charge in [0.15, 0.2) is 0 Å². The molecule has 5 rings (SSSR count). The largest absolute Gasteiger partial charge is 0.507 e. The molecular formula is C31H29N3O4. The first-order valence-corrected chi connectivity index (χ1v) is 12.5. The molecule has 38 heavy (non-hydrogen) atoms. The Hall–Kier alpha value is -4.65. The standard InChI is InChI=1S/C31H29N3O4/c1-16(2)27(31(37)38)34-30(36)23-14-21-10-11-24-28(26(21)25(35)15-23)33-29(32-24)22-7-5-6-19(13-22)20-9-8-17(3)18(4)12-20/h5-16,27,35H,1-4H3,(H,32,33)(H,34,36)(H,37,38). The lowest BCUT2D eigenvalue weighted by Gasteiger charge is -2.18. The number of fused-ring (bicyclic) bond motifs is 3. The van der Waals surface area contributed by atoms with E-state index in [9.17, 15) is 19.8 Å². The lowest BCUT2D eigenvalue weighted by atomic mass is 9.99. The summed E-state index contributed by atoms with van der Waals surface area (Å²) in [5, 5.41) is 24.0. The zero-order valence-corrected chi connectivity index (χ0v) is 21.7. The number of aromatic hydroxyl groups is 1. The van der Waals surface area contributed by atoms with Crippen molar-refractivity contribution in [1.29, 1.82) is 0 Å². The van der Waals surface area contributed by atoms with E-state index in [1.165, 1.54) is 17.2 Å². The number of carboxylic acid groups (broad SMARTS) is 1. The number of nitrogens with zero attached hydrogens (tertiary/aromatic N) is 1. The smallest absolute Gasteiger partial charge is 0.326 e. The number of H-pyrrole nitrogens is 1. The van der Waals surface area contributed by atoms with Crippen molar-refractivity contribution in [1.82, 2.24) is 15.3 Å². The number of carbonyl (C=O) groups excluding carboxylic acids is 1. The summed E-state index contributed by atoms with van der Waals surface area (Å²) in [4.78, 5) is 32.5. The maximum absolute atomic E-state index is 12.8. The van der Waals surface area contributed by atoms with Crippen LogP contribution in [0.15, 0.2) is 66.7 Å². The van der Waals surface area contributed by atoms with Crippen molar-refractivity contribution in [3.63, 3.8) is 0 Å². The van der Waals surface area contributed by atoms with Crippen LogP contribution in [0.4, 0.5) is 0 Å². The molecule has 5 aromatic rings. The Labute approximate surface area is 220 Å². The number of nitrogens with one attached hydrogen (secondary N) is 2. The van der Waals surface area contributed by atoms with Crippen molar-refractivity contribution in [3.8, 4) is 28.3 Å². The summed E-state index contributed by atoms with van der Waals surface area (Å²) in [6.45, 7) is 7.64. The quantitative estimate of drug-likeness (QED) is 0.218. The van der Waals surface area contributed by atoms with Gasteiger partial charge >= 0.3 is 5.97 Å². The number of rotatable bonds is 6. The van der Waals surface area contributed by atoms with Crippen molar-refractivity contribution in [2.45, 2.75) is 33.7 Å². The predicted octanol–water partition coefficient (Wildman–Crippen LogP) is 6.21. The third-order valence-corrected chi connectivity index (χ3v) is 7.00. The zero-order chi connectivity index (χ0) is 27.1. The van der Waals surface area contributed by atoms with Crippen LogP contribution in [-0.4, -0.2) is 38.1 Å². The Morgan fingerprint density at radius 2 is 1.63 bits per heavy atom. The molecule has 1 aromatic heterocycles. The average Bonchev–Trinajstić information content (AvgIpc) is 3.32. The van der Waals surface area contributed by atoms with Gasteiger partial charge in [0.2, 0.25) is 0 Å². The van der Waals surface area contributed by atoms with Gasteiger partial charge in [-0.2, -0.15) is 0 Å². The van der Waals surface area contributed by atoms with E-state index >= 15 is 0 Å². The van der Waals surface area contributed by atoms with Gasteiger partial charge < -0.3 is 20.5 Å². The normalized spacial score (nSPS) is 12.2. The molecule has 0 saturated carbocycles. The van der Waals surface area contributed by atoms with Gasteiger partial charge in [0.25, 0.3) is 5.91 Å². The number of imidazole rings is 1. The van der Waals surface area contributed by atoms with Gasteiger partial charge in [-0.05, 0) is 71.7 Å². The van der Waals surface area contributed by atoms with Gasteiger partial charge in [-0.3, -0.25) is 4.79 Å². The number of hydrogen-bond donors (Lipinski definition) is 4. The molecule has 0 aliphatic rings. The molecular weight excluding hydrogens is 478 g/mol. The average molecular weight is 508 g/mol. The molecule has 0 spiro atoms. The van der Waals surface area contributed by atoms with E-state index in [1.54, 1.807) is 26.0 Å². The van der Waals surface area contributed by atoms with Crippen LogP contribution in [0.3, 0.4) is 0 Å². The SMILES string of the molecule is Cc1ccc(-c2cccc(-c3nc4c(ccc5cc(C(=O)NC(C(=O)O)C(C)C)cc(O)c54)[nH]3)c2)cc1C. The lowest BCUT2D eigenvalue weighted by Crippen LogP contribution is -2.44. The van der Waals surface area contributed by atoms with Gasteiger partial charge in [-0.15, -0.1) is 0 Å². The topological polar surface area (TPSA) is 115 Å². The highest BCUT2D eigenvalue weighted by atomic mass is 16.4. The molecule has 0 fully saturated rings. The van der Waals surface area contributed by atoms with Gasteiger partial charge in [0.05, 0.1) is 10.9 Å². The number of phenols is 1. The van der Waals surface area contributed by atoms with Crippen LogP contribution in [0.2, 0.25) is 0 Å². The van der Waals surface area contributed by atoms with Crippen LogP contribution in [0.25, 0.3) is 44.3 Å². The molecule has 1 unspecified atom stereocenters. The molecule has 4 aromatic carbocycles. The minimum absolute atomic E-state index is 0.100. The van der Waals surface area contributed by atoms with Gasteiger partial charge in [0, 0.05) is 11.1 Å². The monoisotopic (exact) mass is 507 g/mol. The first kappa shape index (κ1) is 25.0. The maximum Gasteiger partial charge on any atom is 0.326 e. The molecule has 0 saturated heterocycles. The van der Waals surface area contributed by atoms with Gasteiger partial charge in [-0.25, -0.2) is 9.78 Å². The molecule has 1 heterocycles. The van der Waals surface area contributed by atoms with E-state index in [2.05, 4.69) is 54.5 Å². The van der Waals surface area contributed by atoms with Crippen molar-refractivity contribution in [2.24, 2.45) is 5.92 Å². The third kappa shape index (κ3) is 4.59. The second-order valence-electron chi connectivity index (χ2n) is 10.1. The Morgan fingerprint density at radius 1 is 0.895 bits per heavy atom. The fourth-order valence-electron chi connectivity index (χ4n) is 4.68. The number of benzene rings is 4. The maximum atomic E-state index is 12.8. The fraction of sp³-hybridized carbons (Fsp3) is 0.194. The lowest BCUT2D eigenvalue weighted by molar-refractivity contribution is -0.140. The number of hydrogen-bond acceptors (Lipinski definition) is 4. The summed E-state index contributed by atoms with van der Waals surface area (Å²) in [7, 11) is 0. The number of carboxylic acids is 1. The second kappa shape index (κ2) is 9.67. The van der Waals surface area contributed by atoms with Crippen molar-refractivity contribution >= 4 is 33.7 Å². The third-order valence-electron chi connectivity index (χ3n) is 7.00. The number of amides is 1. The van der Waals surface area contributed by atoms with Crippen LogP contribution in [-0.2, 0) is 4.79 Å². The summed E-state index contributed by atoms with van der Waals surface area (Å²) >= 11 is 0. The Morgan fingerprint density at radius 3 is 2.34 bits per heavy atom. The summed E-state index contributed by atoms with van der Waals surface area (Å²) in [6.07, 6.45) is 0. The van der Waals surface area contributed by atoms with E-state index in [0.29, 0.717) is 22.1 Å². The molecule has 1 amide bonds. The highest BCUT2D eigenvalue weighted by Gasteiger charge is 2.24. The van der Waals surface area contributed by atoms with Crippen LogP contribution in [0.5, 0.6) is 5.75 Å². The van der Waals surface area contributed by atoms with Gasteiger partial charge in [0.1, 0.15) is 23.1 Å². The van der Waals surface area contributed by atoms with Crippen LogP contribution >= 0.6 is 0 Å². The molecule has 0 aliphatic heterocycles. The molecule has 0 bridgehead atoms. The molecule has 0 aliphatic carbocycles. The Kier molecular flexibility index (Phi) is 6.36. The van der Waals surface area contributed by atoms with E-state index in [1.807, 2.05) is 18.2 Å². The summed E-state index contributed by atoms with van der Waals surface area (Å²) in [5.41, 5.74) is 7.11. The van der Waals surface area contributed by atoms with Crippen molar-refractivity contribution in [2.75, 3.05) is 0 Å². The molecule has 7 nitrogen and oxygen atoms in total. The Balaban J connectivity index is 1.53. The molecule has 4 N–H and O–H groups in total. The number of carbonyl (C=O) groups is 2. The first-order valence-electron chi connectivity index (χ1n) is 12.5. The second-order valence-corrected chi connectivity index (χ2v) is 10.1. The summed E-state index contributed by atoms with van der Waals surface area (Å²) in [5.74, 6) is -1.39. The number of aromatic amines is 1. The van der Waals surface area contributed by atoms with Crippen LogP contribution in [0, 0.1) is 19.8 Å². The minimum atomic E-state index is -1.11.